The minimum absolute atomic E-state index is 0.257. The van der Waals surface area contributed by atoms with Gasteiger partial charge in [0.2, 0.25) is 0 Å². The highest BCUT2D eigenvalue weighted by atomic mass is 79.9. The summed E-state index contributed by atoms with van der Waals surface area (Å²) in [5, 5.41) is 0.791. The molecule has 0 aliphatic heterocycles. The second-order valence-corrected chi connectivity index (χ2v) is 7.57. The van der Waals surface area contributed by atoms with Gasteiger partial charge in [0, 0.05) is 25.5 Å². The van der Waals surface area contributed by atoms with E-state index in [2.05, 4.69) is 31.9 Å². The van der Waals surface area contributed by atoms with Crippen molar-refractivity contribution in [3.05, 3.63) is 87.6 Å². The van der Waals surface area contributed by atoms with Crippen molar-refractivity contribution in [1.29, 1.82) is 0 Å². The zero-order valence-electron chi connectivity index (χ0n) is 13.0. The Kier molecular flexibility index (Phi) is 4.40. The van der Waals surface area contributed by atoms with Crippen molar-refractivity contribution in [2.24, 2.45) is 0 Å². The molecule has 1 heterocycles. The predicted octanol–water partition coefficient (Wildman–Crippen LogP) is 7.23. The maximum absolute atomic E-state index is 13.7. The monoisotopic (exact) mass is 455 g/mol. The van der Waals surface area contributed by atoms with Crippen LogP contribution in [0.5, 0.6) is 0 Å². The molecule has 0 saturated carbocycles. The quantitative estimate of drug-likeness (QED) is 0.310. The van der Waals surface area contributed by atoms with Crippen molar-refractivity contribution < 1.29 is 4.39 Å². The van der Waals surface area contributed by atoms with E-state index in [0.29, 0.717) is 0 Å². The van der Waals surface area contributed by atoms with Crippen LogP contribution in [0.1, 0.15) is 0 Å². The van der Waals surface area contributed by atoms with Gasteiger partial charge in [0.05, 0.1) is 11.2 Å². The molecular formula is C21H12Br2FN. The average molecular weight is 457 g/mol. The SMILES string of the molecule is Fc1ccc2nc(-c3ccc(Br)cc3)c(-c3ccc(Br)cc3)cc2c1. The van der Waals surface area contributed by atoms with Crippen LogP contribution in [-0.4, -0.2) is 4.98 Å². The third-order valence-corrected chi connectivity index (χ3v) is 5.11. The Morgan fingerprint density at radius 2 is 1.28 bits per heavy atom. The Balaban J connectivity index is 2.01. The number of nitrogens with zero attached hydrogens (tertiary/aromatic N) is 1. The summed E-state index contributed by atoms with van der Waals surface area (Å²) in [5.41, 5.74) is 4.70. The van der Waals surface area contributed by atoms with E-state index < -0.39 is 0 Å². The molecule has 0 aliphatic carbocycles. The van der Waals surface area contributed by atoms with Gasteiger partial charge in [0.1, 0.15) is 5.82 Å². The molecule has 4 rings (SSSR count). The van der Waals surface area contributed by atoms with Crippen molar-refractivity contribution in [2.45, 2.75) is 0 Å². The summed E-state index contributed by atoms with van der Waals surface area (Å²) in [7, 11) is 0. The van der Waals surface area contributed by atoms with Gasteiger partial charge in [-0.2, -0.15) is 0 Å². The molecule has 0 aliphatic rings. The van der Waals surface area contributed by atoms with Gasteiger partial charge in [-0.3, -0.25) is 0 Å². The Bertz CT molecular complexity index is 1060. The molecule has 0 N–H and O–H groups in total. The summed E-state index contributed by atoms with van der Waals surface area (Å²) in [6.07, 6.45) is 0. The first kappa shape index (κ1) is 16.4. The highest BCUT2D eigenvalue weighted by Gasteiger charge is 2.12. The lowest BCUT2D eigenvalue weighted by molar-refractivity contribution is 0.629. The Hall–Kier alpha value is -2.04. The molecule has 122 valence electrons. The standard InChI is InChI=1S/C21H12Br2FN/c22-16-5-1-13(2-6-16)19-12-15-11-18(24)9-10-20(15)25-21(19)14-3-7-17(23)8-4-14/h1-12H. The van der Waals surface area contributed by atoms with E-state index >= 15 is 0 Å². The van der Waals surface area contributed by atoms with Gasteiger partial charge in [-0.1, -0.05) is 56.1 Å². The van der Waals surface area contributed by atoms with Crippen LogP contribution >= 0.6 is 31.9 Å². The summed E-state index contributed by atoms with van der Waals surface area (Å²) < 4.78 is 15.7. The molecule has 0 amide bonds. The molecule has 0 radical (unpaired) electrons. The number of hydrogen-bond donors (Lipinski definition) is 0. The second-order valence-electron chi connectivity index (χ2n) is 5.74. The first-order valence-corrected chi connectivity index (χ1v) is 9.31. The number of fused-ring (bicyclic) bond motifs is 1. The maximum atomic E-state index is 13.7. The smallest absolute Gasteiger partial charge is 0.123 e. The van der Waals surface area contributed by atoms with Gasteiger partial charge in [0.25, 0.3) is 0 Å². The lowest BCUT2D eigenvalue weighted by Crippen LogP contribution is -1.92. The van der Waals surface area contributed by atoms with E-state index in [1.54, 1.807) is 6.07 Å². The van der Waals surface area contributed by atoms with E-state index in [4.69, 9.17) is 4.98 Å². The lowest BCUT2D eigenvalue weighted by Gasteiger charge is -2.12. The van der Waals surface area contributed by atoms with E-state index in [-0.39, 0.29) is 5.82 Å². The number of hydrogen-bond acceptors (Lipinski definition) is 1. The van der Waals surface area contributed by atoms with Gasteiger partial charge >= 0.3 is 0 Å². The highest BCUT2D eigenvalue weighted by Crippen LogP contribution is 2.34. The normalized spacial score (nSPS) is 11.0. The molecule has 0 atom stereocenters. The van der Waals surface area contributed by atoms with Gasteiger partial charge in [-0.15, -0.1) is 0 Å². The average Bonchev–Trinajstić information content (AvgIpc) is 2.62. The van der Waals surface area contributed by atoms with Crippen molar-refractivity contribution >= 4 is 42.8 Å². The minimum atomic E-state index is -0.257. The van der Waals surface area contributed by atoms with Crippen LogP contribution in [0.2, 0.25) is 0 Å². The molecule has 1 nitrogen and oxygen atoms in total. The lowest BCUT2D eigenvalue weighted by atomic mass is 9.97. The highest BCUT2D eigenvalue weighted by molar-refractivity contribution is 9.10. The topological polar surface area (TPSA) is 12.9 Å². The third-order valence-electron chi connectivity index (χ3n) is 4.05. The molecule has 0 bridgehead atoms. The van der Waals surface area contributed by atoms with Crippen molar-refractivity contribution in [3.8, 4) is 22.4 Å². The first-order chi connectivity index (χ1) is 12.1. The number of aromatic nitrogens is 1. The van der Waals surface area contributed by atoms with Gasteiger partial charge < -0.3 is 0 Å². The van der Waals surface area contributed by atoms with Crippen LogP contribution in [-0.2, 0) is 0 Å². The molecule has 25 heavy (non-hydrogen) atoms. The molecule has 0 fully saturated rings. The maximum Gasteiger partial charge on any atom is 0.123 e. The van der Waals surface area contributed by atoms with E-state index in [9.17, 15) is 4.39 Å². The summed E-state index contributed by atoms with van der Waals surface area (Å²) in [6.45, 7) is 0. The van der Waals surface area contributed by atoms with Crippen LogP contribution in [0.4, 0.5) is 4.39 Å². The number of rotatable bonds is 2. The van der Waals surface area contributed by atoms with Crippen LogP contribution in [0.25, 0.3) is 33.3 Å². The van der Waals surface area contributed by atoms with Gasteiger partial charge in [-0.25, -0.2) is 9.37 Å². The molecule has 0 spiro atoms. The van der Waals surface area contributed by atoms with Crippen LogP contribution in [0, 0.1) is 5.82 Å². The van der Waals surface area contributed by atoms with E-state index in [0.717, 1.165) is 42.2 Å². The Labute approximate surface area is 161 Å². The molecule has 0 saturated heterocycles. The van der Waals surface area contributed by atoms with E-state index in [1.165, 1.54) is 12.1 Å². The molecule has 4 heteroatoms. The number of benzene rings is 3. The zero-order chi connectivity index (χ0) is 17.4. The van der Waals surface area contributed by atoms with Gasteiger partial charge in [-0.05, 0) is 54.1 Å². The fourth-order valence-corrected chi connectivity index (χ4v) is 3.35. The Morgan fingerprint density at radius 3 is 1.92 bits per heavy atom. The summed E-state index contributed by atoms with van der Waals surface area (Å²) >= 11 is 6.94. The third kappa shape index (κ3) is 3.37. The van der Waals surface area contributed by atoms with Crippen molar-refractivity contribution in [2.75, 3.05) is 0 Å². The molecule has 3 aromatic carbocycles. The van der Waals surface area contributed by atoms with Crippen molar-refractivity contribution in [1.82, 2.24) is 4.98 Å². The molecule has 0 unspecified atom stereocenters. The van der Waals surface area contributed by atoms with Crippen LogP contribution in [0.3, 0.4) is 0 Å². The summed E-state index contributed by atoms with van der Waals surface area (Å²) in [6, 6.07) is 22.8. The summed E-state index contributed by atoms with van der Waals surface area (Å²) in [5.74, 6) is -0.257. The number of halogens is 3. The minimum Gasteiger partial charge on any atom is -0.247 e. The first-order valence-electron chi connectivity index (χ1n) is 7.72. The molecule has 1 aromatic heterocycles. The van der Waals surface area contributed by atoms with Crippen molar-refractivity contribution in [3.63, 3.8) is 0 Å². The second kappa shape index (κ2) is 6.70. The largest absolute Gasteiger partial charge is 0.247 e. The van der Waals surface area contributed by atoms with E-state index in [1.807, 2.05) is 54.6 Å². The van der Waals surface area contributed by atoms with Crippen LogP contribution < -0.4 is 0 Å². The van der Waals surface area contributed by atoms with Crippen LogP contribution in [0.15, 0.2) is 81.7 Å². The predicted molar refractivity (Wildman–Crippen MR) is 108 cm³/mol. The summed E-state index contributed by atoms with van der Waals surface area (Å²) in [4.78, 5) is 4.82. The fourth-order valence-electron chi connectivity index (χ4n) is 2.82. The zero-order valence-corrected chi connectivity index (χ0v) is 16.2. The number of pyridine rings is 1. The molecule has 4 aromatic rings. The Morgan fingerprint density at radius 1 is 0.680 bits per heavy atom. The molecular weight excluding hydrogens is 445 g/mol. The fraction of sp³-hybridized carbons (Fsp3) is 0. The van der Waals surface area contributed by atoms with Gasteiger partial charge in [0.15, 0.2) is 0 Å².